The highest BCUT2D eigenvalue weighted by molar-refractivity contribution is 6.38. The maximum atomic E-state index is 12.1. The molecule has 2 atom stereocenters. The zero-order chi connectivity index (χ0) is 17.7. The normalized spacial score (nSPS) is 20.3. The summed E-state index contributed by atoms with van der Waals surface area (Å²) in [6.07, 6.45) is 0.0702. The van der Waals surface area contributed by atoms with E-state index in [1.807, 2.05) is 6.07 Å². The fourth-order valence-corrected chi connectivity index (χ4v) is 2.43. The third-order valence-electron chi connectivity index (χ3n) is 3.53. The lowest BCUT2D eigenvalue weighted by Gasteiger charge is -2.44. The number of nitrogens with zero attached hydrogens (tertiary/aromatic N) is 2. The Labute approximate surface area is 137 Å². The second kappa shape index (κ2) is 7.55. The Balaban J connectivity index is 2.04. The van der Waals surface area contributed by atoms with Crippen LogP contribution >= 0.6 is 0 Å². The molecule has 0 unspecified atom stereocenters. The maximum absolute atomic E-state index is 12.1. The number of amides is 2. The van der Waals surface area contributed by atoms with Gasteiger partial charge >= 0.3 is 5.97 Å². The Bertz CT molecular complexity index is 660. The van der Waals surface area contributed by atoms with Gasteiger partial charge in [0.25, 0.3) is 11.7 Å². The lowest BCUT2D eigenvalue weighted by atomic mass is 9.94. The van der Waals surface area contributed by atoms with Gasteiger partial charge in [-0.25, -0.2) is 4.79 Å². The molecule has 0 saturated carbocycles. The van der Waals surface area contributed by atoms with Gasteiger partial charge in [-0.3, -0.25) is 14.5 Å². The molecule has 1 aliphatic heterocycles. The molecule has 1 aromatic rings. The van der Waals surface area contributed by atoms with E-state index in [0.717, 1.165) is 17.6 Å². The molecule has 24 heavy (non-hydrogen) atoms. The minimum Gasteiger partial charge on any atom is -0.475 e. The van der Waals surface area contributed by atoms with Gasteiger partial charge in [-0.15, -0.1) is 0 Å². The maximum Gasteiger partial charge on any atom is 0.375 e. The second-order valence-corrected chi connectivity index (χ2v) is 5.07. The van der Waals surface area contributed by atoms with Crippen LogP contribution in [0.3, 0.4) is 0 Å². The number of β-lactam (4-membered cyclic amide) rings is 1. The number of hydrogen-bond acceptors (Lipinski definition) is 6. The second-order valence-electron chi connectivity index (χ2n) is 5.07. The molecule has 1 heterocycles. The van der Waals surface area contributed by atoms with Crippen LogP contribution in [0.15, 0.2) is 35.5 Å². The summed E-state index contributed by atoms with van der Waals surface area (Å²) in [6, 6.07) is 7.01. The number of amidine groups is 1. The SMILES string of the molecule is CO/N=C(\C(=O)O)N1C(=O)[C@@H](NC(=O)Cc2ccccc2)[C@H]1CO. The Morgan fingerprint density at radius 3 is 2.54 bits per heavy atom. The third-order valence-corrected chi connectivity index (χ3v) is 3.53. The first-order chi connectivity index (χ1) is 11.5. The predicted molar refractivity (Wildman–Crippen MR) is 81.9 cm³/mol. The molecule has 2 rings (SSSR count). The van der Waals surface area contributed by atoms with Crippen molar-refractivity contribution in [2.24, 2.45) is 5.16 Å². The smallest absolute Gasteiger partial charge is 0.375 e. The van der Waals surface area contributed by atoms with E-state index in [4.69, 9.17) is 5.11 Å². The van der Waals surface area contributed by atoms with E-state index in [2.05, 4.69) is 15.3 Å². The molecule has 0 spiro atoms. The Morgan fingerprint density at radius 2 is 2.00 bits per heavy atom. The average molecular weight is 335 g/mol. The zero-order valence-corrected chi connectivity index (χ0v) is 12.9. The number of aliphatic hydroxyl groups is 1. The number of likely N-dealkylation sites (tertiary alicyclic amines) is 1. The molecule has 1 fully saturated rings. The van der Waals surface area contributed by atoms with E-state index >= 15 is 0 Å². The number of hydrogen-bond donors (Lipinski definition) is 3. The van der Waals surface area contributed by atoms with Gasteiger partial charge in [0, 0.05) is 0 Å². The van der Waals surface area contributed by atoms with Gasteiger partial charge in [-0.2, -0.15) is 0 Å². The average Bonchev–Trinajstić information content (AvgIpc) is 2.56. The quantitative estimate of drug-likeness (QED) is 0.273. The van der Waals surface area contributed by atoms with E-state index < -0.39 is 42.3 Å². The number of benzene rings is 1. The molecule has 1 aromatic carbocycles. The summed E-state index contributed by atoms with van der Waals surface area (Å²) >= 11 is 0. The number of aliphatic carboxylic acids is 1. The summed E-state index contributed by atoms with van der Waals surface area (Å²) in [5.41, 5.74) is 0.770. The van der Waals surface area contributed by atoms with Crippen molar-refractivity contribution in [3.05, 3.63) is 35.9 Å². The van der Waals surface area contributed by atoms with E-state index in [-0.39, 0.29) is 6.42 Å². The lowest BCUT2D eigenvalue weighted by Crippen LogP contribution is -2.74. The molecule has 128 valence electrons. The van der Waals surface area contributed by atoms with Crippen LogP contribution in [0, 0.1) is 0 Å². The third kappa shape index (κ3) is 3.51. The first-order valence-corrected chi connectivity index (χ1v) is 7.11. The highest BCUT2D eigenvalue weighted by atomic mass is 16.6. The first-order valence-electron chi connectivity index (χ1n) is 7.11. The molecule has 2 amide bonds. The highest BCUT2D eigenvalue weighted by Gasteiger charge is 2.52. The summed E-state index contributed by atoms with van der Waals surface area (Å²) in [5.74, 6) is -3.19. The number of carbonyl (C=O) groups is 3. The Morgan fingerprint density at radius 1 is 1.33 bits per heavy atom. The first kappa shape index (κ1) is 17.4. The largest absolute Gasteiger partial charge is 0.475 e. The van der Waals surface area contributed by atoms with Crippen molar-refractivity contribution in [3.63, 3.8) is 0 Å². The molecule has 0 aliphatic carbocycles. The van der Waals surface area contributed by atoms with Crippen LogP contribution in [0.4, 0.5) is 0 Å². The molecule has 1 aliphatic rings. The van der Waals surface area contributed by atoms with Crippen molar-refractivity contribution in [3.8, 4) is 0 Å². The Kier molecular flexibility index (Phi) is 5.48. The standard InChI is InChI=1S/C15H17N3O6/c1-24-17-13(15(22)23)18-10(8-19)12(14(18)21)16-11(20)7-9-5-3-2-4-6-9/h2-6,10,12,19H,7-8H2,1H3,(H,16,20)(H,22,23)/b17-13+/t10-,12+/m1/s1. The van der Waals surface area contributed by atoms with Gasteiger partial charge in [0.1, 0.15) is 13.2 Å². The number of oxime groups is 1. The van der Waals surface area contributed by atoms with Crippen molar-refractivity contribution in [1.29, 1.82) is 0 Å². The molecule has 1 saturated heterocycles. The molecule has 3 N–H and O–H groups in total. The zero-order valence-electron chi connectivity index (χ0n) is 12.9. The topological polar surface area (TPSA) is 129 Å². The van der Waals surface area contributed by atoms with Crippen LogP contribution in [-0.2, 0) is 25.6 Å². The van der Waals surface area contributed by atoms with Gasteiger partial charge in [0.2, 0.25) is 5.91 Å². The summed E-state index contributed by atoms with van der Waals surface area (Å²) < 4.78 is 0. The molecule has 9 heteroatoms. The molecular formula is C15H17N3O6. The fraction of sp³-hybridized carbons (Fsp3) is 0.333. The number of rotatable bonds is 5. The van der Waals surface area contributed by atoms with E-state index in [1.54, 1.807) is 24.3 Å². The minimum atomic E-state index is -1.47. The molecule has 9 nitrogen and oxygen atoms in total. The summed E-state index contributed by atoms with van der Waals surface area (Å²) in [7, 11) is 1.14. The number of nitrogens with one attached hydrogen (secondary N) is 1. The van der Waals surface area contributed by atoms with E-state index in [9.17, 15) is 19.5 Å². The van der Waals surface area contributed by atoms with Crippen LogP contribution in [0.1, 0.15) is 5.56 Å². The van der Waals surface area contributed by atoms with Crippen molar-refractivity contribution in [2.45, 2.75) is 18.5 Å². The van der Waals surface area contributed by atoms with E-state index in [0.29, 0.717) is 0 Å². The predicted octanol–water partition coefficient (Wildman–Crippen LogP) is -1.04. The molecular weight excluding hydrogens is 318 g/mol. The van der Waals surface area contributed by atoms with Crippen molar-refractivity contribution in [2.75, 3.05) is 13.7 Å². The van der Waals surface area contributed by atoms with E-state index in [1.165, 1.54) is 0 Å². The monoisotopic (exact) mass is 335 g/mol. The van der Waals surface area contributed by atoms with Gasteiger partial charge in [0.15, 0.2) is 0 Å². The molecule has 0 radical (unpaired) electrons. The van der Waals surface area contributed by atoms with Crippen molar-refractivity contribution < 1.29 is 29.4 Å². The highest BCUT2D eigenvalue weighted by Crippen LogP contribution is 2.21. The van der Waals surface area contributed by atoms with Crippen molar-refractivity contribution in [1.82, 2.24) is 10.2 Å². The van der Waals surface area contributed by atoms with Crippen LogP contribution in [0.5, 0.6) is 0 Å². The van der Waals surface area contributed by atoms with Crippen molar-refractivity contribution >= 4 is 23.6 Å². The minimum absolute atomic E-state index is 0.0702. The number of carboxylic acids is 1. The van der Waals surface area contributed by atoms with Crippen LogP contribution < -0.4 is 5.32 Å². The summed E-state index contributed by atoms with van der Waals surface area (Å²) in [6.45, 7) is -0.530. The number of carbonyl (C=O) groups excluding carboxylic acids is 2. The summed E-state index contributed by atoms with van der Waals surface area (Å²) in [4.78, 5) is 40.5. The van der Waals surface area contributed by atoms with Crippen LogP contribution in [-0.4, -0.2) is 64.5 Å². The molecule has 0 bridgehead atoms. The number of aliphatic hydroxyl groups excluding tert-OH is 1. The molecule has 0 aromatic heterocycles. The van der Waals surface area contributed by atoms with Gasteiger partial charge in [-0.05, 0) is 5.56 Å². The number of carboxylic acid groups (broad SMARTS) is 1. The lowest BCUT2D eigenvalue weighted by molar-refractivity contribution is -0.150. The van der Waals surface area contributed by atoms with Gasteiger partial charge < -0.3 is 20.4 Å². The van der Waals surface area contributed by atoms with Crippen LogP contribution in [0.2, 0.25) is 0 Å². The summed E-state index contributed by atoms with van der Waals surface area (Å²) in [5, 5.41) is 24.2. The van der Waals surface area contributed by atoms with Gasteiger partial charge in [-0.1, -0.05) is 35.5 Å². The Hall–Kier alpha value is -2.94. The van der Waals surface area contributed by atoms with Crippen LogP contribution in [0.25, 0.3) is 0 Å². The van der Waals surface area contributed by atoms with Gasteiger partial charge in [0.05, 0.1) is 19.1 Å². The fourth-order valence-electron chi connectivity index (χ4n) is 2.43.